The maximum Gasteiger partial charge on any atom is 0.252 e. The zero-order valence-corrected chi connectivity index (χ0v) is 14.3. The fraction of sp³-hybridized carbons (Fsp3) is 0.231. The van der Waals surface area contributed by atoms with Gasteiger partial charge in [0.1, 0.15) is 16.6 Å². The number of rotatable bonds is 6. The van der Waals surface area contributed by atoms with Crippen molar-refractivity contribution in [2.75, 3.05) is 20.2 Å². The van der Waals surface area contributed by atoms with Crippen molar-refractivity contribution in [3.63, 3.8) is 0 Å². The van der Waals surface area contributed by atoms with Gasteiger partial charge < -0.3 is 4.74 Å². The van der Waals surface area contributed by atoms with Crippen LogP contribution in [0.2, 0.25) is 9.36 Å². The Morgan fingerprint density at radius 1 is 1.24 bits per heavy atom. The number of ether oxygens (including phenoxy) is 1. The molecular weight excluding hydrogens is 353 g/mol. The molecule has 0 radical (unpaired) electrons. The largest absolute Gasteiger partial charge is 0.492 e. The van der Waals surface area contributed by atoms with E-state index in [0.29, 0.717) is 15.1 Å². The molecule has 0 amide bonds. The van der Waals surface area contributed by atoms with Gasteiger partial charge in [0, 0.05) is 18.6 Å². The van der Waals surface area contributed by atoms with Gasteiger partial charge in [0.2, 0.25) is 0 Å². The molecule has 8 heteroatoms. The van der Waals surface area contributed by atoms with E-state index < -0.39 is 10.0 Å². The molecule has 0 aliphatic rings. The van der Waals surface area contributed by atoms with E-state index in [9.17, 15) is 8.42 Å². The maximum atomic E-state index is 12.2. The zero-order valence-electron chi connectivity index (χ0n) is 11.1. The van der Waals surface area contributed by atoms with Crippen LogP contribution in [0.25, 0.3) is 0 Å². The summed E-state index contributed by atoms with van der Waals surface area (Å²) >= 11 is 12.6. The molecule has 2 aromatic rings. The van der Waals surface area contributed by atoms with Gasteiger partial charge in [-0.2, -0.15) is 4.31 Å². The Morgan fingerprint density at radius 2 is 2.00 bits per heavy atom. The summed E-state index contributed by atoms with van der Waals surface area (Å²) in [4.78, 5) is 0. The highest BCUT2D eigenvalue weighted by Gasteiger charge is 2.22. The summed E-state index contributed by atoms with van der Waals surface area (Å²) in [7, 11) is -2.02. The van der Waals surface area contributed by atoms with Crippen LogP contribution in [-0.4, -0.2) is 32.9 Å². The van der Waals surface area contributed by atoms with Crippen LogP contribution in [0.5, 0.6) is 5.75 Å². The van der Waals surface area contributed by atoms with Crippen molar-refractivity contribution in [3.05, 3.63) is 45.8 Å². The molecule has 0 aliphatic carbocycles. The van der Waals surface area contributed by atoms with Crippen LogP contribution < -0.4 is 4.74 Å². The topological polar surface area (TPSA) is 46.6 Å². The van der Waals surface area contributed by atoms with E-state index in [2.05, 4.69) is 0 Å². The summed E-state index contributed by atoms with van der Waals surface area (Å²) in [5, 5.41) is 0.571. The maximum absolute atomic E-state index is 12.2. The highest BCUT2D eigenvalue weighted by atomic mass is 35.5. The van der Waals surface area contributed by atoms with E-state index in [1.54, 1.807) is 30.3 Å². The number of halogens is 2. The lowest BCUT2D eigenvalue weighted by Crippen LogP contribution is -2.30. The van der Waals surface area contributed by atoms with Gasteiger partial charge in [-0.3, -0.25) is 0 Å². The van der Waals surface area contributed by atoms with Crippen molar-refractivity contribution >= 4 is 44.6 Å². The number of benzene rings is 1. The Morgan fingerprint density at radius 3 is 2.62 bits per heavy atom. The smallest absolute Gasteiger partial charge is 0.252 e. The van der Waals surface area contributed by atoms with Gasteiger partial charge in [-0.1, -0.05) is 29.3 Å². The van der Waals surface area contributed by atoms with Gasteiger partial charge in [-0.15, -0.1) is 11.3 Å². The Balaban J connectivity index is 1.94. The second-order valence-electron chi connectivity index (χ2n) is 4.19. The molecule has 0 N–H and O–H groups in total. The summed E-state index contributed by atoms with van der Waals surface area (Å²) < 4.78 is 31.9. The Kier molecular flexibility index (Phi) is 5.51. The summed E-state index contributed by atoms with van der Waals surface area (Å²) in [5.74, 6) is 0.604. The lowest BCUT2D eigenvalue weighted by Gasteiger charge is -2.16. The number of sulfonamides is 1. The molecule has 0 fully saturated rings. The zero-order chi connectivity index (χ0) is 15.5. The van der Waals surface area contributed by atoms with Crippen LogP contribution in [-0.2, 0) is 10.0 Å². The van der Waals surface area contributed by atoms with Gasteiger partial charge in [0.15, 0.2) is 0 Å². The molecular formula is C13H13Cl2NO3S2. The molecule has 0 unspecified atom stereocenters. The van der Waals surface area contributed by atoms with Crippen molar-refractivity contribution in [3.8, 4) is 5.75 Å². The molecule has 0 spiro atoms. The first-order valence-electron chi connectivity index (χ1n) is 5.99. The molecule has 1 aromatic carbocycles. The van der Waals surface area contributed by atoms with E-state index >= 15 is 0 Å². The van der Waals surface area contributed by atoms with Crippen molar-refractivity contribution in [2.45, 2.75) is 4.21 Å². The highest BCUT2D eigenvalue weighted by molar-refractivity contribution is 7.91. The lowest BCUT2D eigenvalue weighted by atomic mass is 10.3. The standard InChI is InChI=1S/C13H13Cl2NO3S2/c1-16(21(17,18)13-6-5-12(15)20-13)7-8-19-11-4-2-3-10(14)9-11/h2-6,9H,7-8H2,1H3. The predicted molar refractivity (Wildman–Crippen MR) is 86.1 cm³/mol. The van der Waals surface area contributed by atoms with Gasteiger partial charge in [-0.25, -0.2) is 8.42 Å². The summed E-state index contributed by atoms with van der Waals surface area (Å²) in [5.41, 5.74) is 0. The highest BCUT2D eigenvalue weighted by Crippen LogP contribution is 2.27. The van der Waals surface area contributed by atoms with Crippen molar-refractivity contribution in [1.29, 1.82) is 0 Å². The lowest BCUT2D eigenvalue weighted by molar-refractivity contribution is 0.287. The summed E-state index contributed by atoms with van der Waals surface area (Å²) in [6.07, 6.45) is 0. The molecule has 0 saturated heterocycles. The van der Waals surface area contributed by atoms with Gasteiger partial charge in [0.25, 0.3) is 10.0 Å². The minimum absolute atomic E-state index is 0.220. The average molecular weight is 366 g/mol. The molecule has 0 aliphatic heterocycles. The monoisotopic (exact) mass is 365 g/mol. The van der Waals surface area contributed by atoms with Crippen LogP contribution in [0, 0.1) is 0 Å². The molecule has 1 aromatic heterocycles. The van der Waals surface area contributed by atoms with E-state index in [-0.39, 0.29) is 17.4 Å². The van der Waals surface area contributed by atoms with Crippen LogP contribution >= 0.6 is 34.5 Å². The fourth-order valence-electron chi connectivity index (χ4n) is 1.56. The Bertz CT molecular complexity index is 716. The predicted octanol–water partition coefficient (Wildman–Crippen LogP) is 3.75. The van der Waals surface area contributed by atoms with Gasteiger partial charge >= 0.3 is 0 Å². The molecule has 0 saturated carbocycles. The van der Waals surface area contributed by atoms with Crippen LogP contribution in [0.4, 0.5) is 0 Å². The fourth-order valence-corrected chi connectivity index (χ4v) is 4.59. The number of thiophene rings is 1. The van der Waals surface area contributed by atoms with E-state index in [1.165, 1.54) is 17.4 Å². The second-order valence-corrected chi connectivity index (χ2v) is 8.61. The third-order valence-corrected chi connectivity index (χ3v) is 6.47. The summed E-state index contributed by atoms with van der Waals surface area (Å²) in [6, 6.07) is 10.0. The van der Waals surface area contributed by atoms with Crippen molar-refractivity contribution < 1.29 is 13.2 Å². The van der Waals surface area contributed by atoms with E-state index in [4.69, 9.17) is 27.9 Å². The van der Waals surface area contributed by atoms with Gasteiger partial charge in [0.05, 0.1) is 4.34 Å². The normalized spacial score (nSPS) is 11.8. The number of likely N-dealkylation sites (N-methyl/N-ethyl adjacent to an activating group) is 1. The third-order valence-electron chi connectivity index (χ3n) is 2.68. The first-order valence-corrected chi connectivity index (χ1v) is 9.01. The quantitative estimate of drug-likeness (QED) is 0.782. The Labute approximate surface area is 137 Å². The van der Waals surface area contributed by atoms with Crippen LogP contribution in [0.15, 0.2) is 40.6 Å². The molecule has 21 heavy (non-hydrogen) atoms. The first-order chi connectivity index (χ1) is 9.89. The number of nitrogens with zero attached hydrogens (tertiary/aromatic N) is 1. The van der Waals surface area contributed by atoms with Crippen molar-refractivity contribution in [1.82, 2.24) is 4.31 Å². The van der Waals surface area contributed by atoms with Crippen LogP contribution in [0.1, 0.15) is 0 Å². The SMILES string of the molecule is CN(CCOc1cccc(Cl)c1)S(=O)(=O)c1ccc(Cl)s1. The van der Waals surface area contributed by atoms with Crippen molar-refractivity contribution in [2.24, 2.45) is 0 Å². The molecule has 0 atom stereocenters. The minimum Gasteiger partial charge on any atom is -0.492 e. The molecule has 0 bridgehead atoms. The van der Waals surface area contributed by atoms with Gasteiger partial charge in [-0.05, 0) is 30.3 Å². The van der Waals surface area contributed by atoms with E-state index in [0.717, 1.165) is 11.3 Å². The third kappa shape index (κ3) is 4.34. The Hall–Kier alpha value is -0.790. The molecule has 2 rings (SSSR count). The second kappa shape index (κ2) is 6.98. The average Bonchev–Trinajstić information content (AvgIpc) is 2.86. The number of hydrogen-bond acceptors (Lipinski definition) is 4. The molecule has 4 nitrogen and oxygen atoms in total. The number of hydrogen-bond donors (Lipinski definition) is 0. The molecule has 1 heterocycles. The molecule has 114 valence electrons. The van der Waals surface area contributed by atoms with Crippen LogP contribution in [0.3, 0.4) is 0 Å². The first kappa shape index (κ1) is 16.6. The minimum atomic E-state index is -3.52. The van der Waals surface area contributed by atoms with E-state index in [1.807, 2.05) is 0 Å². The summed E-state index contributed by atoms with van der Waals surface area (Å²) in [6.45, 7) is 0.458.